The minimum absolute atomic E-state index is 0.0882. The Balaban J connectivity index is 1.89. The fourth-order valence-corrected chi connectivity index (χ4v) is 1.37. The summed E-state index contributed by atoms with van der Waals surface area (Å²) in [6.07, 6.45) is 1.26. The van der Waals surface area contributed by atoms with Crippen LogP contribution >= 0.6 is 0 Å². The quantitative estimate of drug-likeness (QED) is 0.676. The molecule has 1 aromatic carbocycles. The lowest BCUT2D eigenvalue weighted by Gasteiger charge is -1.95. The van der Waals surface area contributed by atoms with E-state index in [0.717, 1.165) is 6.42 Å². The smallest absolute Gasteiger partial charge is 0.107 e. The summed E-state index contributed by atoms with van der Waals surface area (Å²) in [5, 5.41) is 8.73. The lowest BCUT2D eigenvalue weighted by Crippen LogP contribution is -2.01. The van der Waals surface area contributed by atoms with E-state index in [1.54, 1.807) is 0 Å². The van der Waals surface area contributed by atoms with Crippen LogP contribution in [0.4, 0.5) is 0 Å². The molecule has 2 atom stereocenters. The molecule has 0 spiro atoms. The summed E-state index contributed by atoms with van der Waals surface area (Å²) in [4.78, 5) is 0. The van der Waals surface area contributed by atoms with Crippen LogP contribution in [0.15, 0.2) is 30.3 Å². The number of ether oxygens (including phenoxy) is 1. The SMILES string of the molecule is OC[C@@H]1O[C@@H]1Cc1ccccc1. The highest BCUT2D eigenvalue weighted by Crippen LogP contribution is 2.24. The minimum Gasteiger partial charge on any atom is -0.394 e. The summed E-state index contributed by atoms with van der Waals surface area (Å²) in [6, 6.07) is 10.2. The van der Waals surface area contributed by atoms with E-state index in [0.29, 0.717) is 0 Å². The van der Waals surface area contributed by atoms with Gasteiger partial charge < -0.3 is 9.84 Å². The Morgan fingerprint density at radius 3 is 2.50 bits per heavy atom. The second kappa shape index (κ2) is 3.25. The van der Waals surface area contributed by atoms with Crippen molar-refractivity contribution in [2.45, 2.75) is 18.6 Å². The van der Waals surface area contributed by atoms with Gasteiger partial charge in [0.1, 0.15) is 6.10 Å². The summed E-state index contributed by atoms with van der Waals surface area (Å²) in [7, 11) is 0. The Bertz CT molecular complexity index is 245. The van der Waals surface area contributed by atoms with E-state index in [4.69, 9.17) is 9.84 Å². The summed E-state index contributed by atoms with van der Waals surface area (Å²) in [6.45, 7) is 0.150. The average Bonchev–Trinajstić information content (AvgIpc) is 2.85. The average molecular weight is 164 g/mol. The molecule has 0 bridgehead atoms. The molecule has 1 aliphatic heterocycles. The van der Waals surface area contributed by atoms with Crippen LogP contribution in [0.1, 0.15) is 5.56 Å². The molecule has 0 aromatic heterocycles. The van der Waals surface area contributed by atoms with Crippen LogP contribution in [0.5, 0.6) is 0 Å². The van der Waals surface area contributed by atoms with Crippen molar-refractivity contribution in [3.8, 4) is 0 Å². The van der Waals surface area contributed by atoms with E-state index in [9.17, 15) is 0 Å². The Kier molecular flexibility index (Phi) is 2.11. The molecule has 1 N–H and O–H groups in total. The van der Waals surface area contributed by atoms with Gasteiger partial charge in [-0.1, -0.05) is 30.3 Å². The highest BCUT2D eigenvalue weighted by Gasteiger charge is 2.37. The molecule has 1 aromatic rings. The summed E-state index contributed by atoms with van der Waals surface area (Å²) in [5.74, 6) is 0. The van der Waals surface area contributed by atoms with Gasteiger partial charge in [0, 0.05) is 6.42 Å². The fraction of sp³-hybridized carbons (Fsp3) is 0.400. The van der Waals surface area contributed by atoms with Crippen molar-refractivity contribution in [2.24, 2.45) is 0 Å². The van der Waals surface area contributed by atoms with E-state index in [1.807, 2.05) is 18.2 Å². The molecule has 64 valence electrons. The first-order valence-corrected chi connectivity index (χ1v) is 4.20. The summed E-state index contributed by atoms with van der Waals surface area (Å²) < 4.78 is 5.22. The van der Waals surface area contributed by atoms with Crippen molar-refractivity contribution < 1.29 is 9.84 Å². The molecule has 0 radical (unpaired) electrons. The summed E-state index contributed by atoms with van der Waals surface area (Å²) >= 11 is 0. The molecule has 1 fully saturated rings. The van der Waals surface area contributed by atoms with Gasteiger partial charge in [-0.2, -0.15) is 0 Å². The predicted molar refractivity (Wildman–Crippen MR) is 45.9 cm³/mol. The lowest BCUT2D eigenvalue weighted by molar-refractivity contribution is 0.242. The van der Waals surface area contributed by atoms with Gasteiger partial charge in [-0.15, -0.1) is 0 Å². The number of hydrogen-bond donors (Lipinski definition) is 1. The van der Waals surface area contributed by atoms with E-state index < -0.39 is 0 Å². The zero-order valence-corrected chi connectivity index (χ0v) is 6.81. The molecule has 0 amide bonds. The van der Waals surface area contributed by atoms with Gasteiger partial charge in [0.15, 0.2) is 0 Å². The van der Waals surface area contributed by atoms with Crippen LogP contribution in [0.2, 0.25) is 0 Å². The Labute approximate surface area is 71.8 Å². The number of hydrogen-bond acceptors (Lipinski definition) is 2. The molecule has 1 saturated heterocycles. The fourth-order valence-electron chi connectivity index (χ4n) is 1.37. The van der Waals surface area contributed by atoms with Crippen molar-refractivity contribution in [2.75, 3.05) is 6.61 Å². The van der Waals surface area contributed by atoms with Crippen molar-refractivity contribution in [3.05, 3.63) is 35.9 Å². The van der Waals surface area contributed by atoms with E-state index in [2.05, 4.69) is 12.1 Å². The van der Waals surface area contributed by atoms with Crippen LogP contribution in [-0.2, 0) is 11.2 Å². The summed E-state index contributed by atoms with van der Waals surface area (Å²) in [5.41, 5.74) is 1.28. The number of aliphatic hydroxyl groups is 1. The van der Waals surface area contributed by atoms with Crippen molar-refractivity contribution >= 4 is 0 Å². The van der Waals surface area contributed by atoms with Crippen LogP contribution in [-0.4, -0.2) is 23.9 Å². The predicted octanol–water partition coefficient (Wildman–Crippen LogP) is 0.989. The van der Waals surface area contributed by atoms with Gasteiger partial charge in [0.25, 0.3) is 0 Å². The van der Waals surface area contributed by atoms with Gasteiger partial charge in [0.05, 0.1) is 12.7 Å². The van der Waals surface area contributed by atoms with Crippen molar-refractivity contribution in [1.29, 1.82) is 0 Å². The second-order valence-electron chi connectivity index (χ2n) is 3.09. The molecule has 0 unspecified atom stereocenters. The molecule has 0 saturated carbocycles. The lowest BCUT2D eigenvalue weighted by atomic mass is 10.1. The molecule has 12 heavy (non-hydrogen) atoms. The molecule has 0 aliphatic carbocycles. The Morgan fingerprint density at radius 2 is 1.92 bits per heavy atom. The normalized spacial score (nSPS) is 27.1. The Morgan fingerprint density at radius 1 is 1.17 bits per heavy atom. The van der Waals surface area contributed by atoms with Gasteiger partial charge in [-0.05, 0) is 5.56 Å². The molecular weight excluding hydrogens is 152 g/mol. The monoisotopic (exact) mass is 164 g/mol. The third kappa shape index (κ3) is 1.65. The zero-order valence-electron chi connectivity index (χ0n) is 6.81. The first kappa shape index (κ1) is 7.77. The maximum atomic E-state index is 8.73. The number of aliphatic hydroxyl groups excluding tert-OH is 1. The van der Waals surface area contributed by atoms with Gasteiger partial charge >= 0.3 is 0 Å². The van der Waals surface area contributed by atoms with Gasteiger partial charge in [-0.3, -0.25) is 0 Å². The minimum atomic E-state index is 0.0882. The third-order valence-electron chi connectivity index (χ3n) is 2.15. The first-order valence-electron chi connectivity index (χ1n) is 4.20. The maximum absolute atomic E-state index is 8.73. The highest BCUT2D eigenvalue weighted by atomic mass is 16.6. The van der Waals surface area contributed by atoms with Gasteiger partial charge in [-0.25, -0.2) is 0 Å². The first-order chi connectivity index (χ1) is 5.90. The van der Waals surface area contributed by atoms with E-state index in [1.165, 1.54) is 5.56 Å². The molecule has 2 heteroatoms. The molecule has 1 aliphatic rings. The van der Waals surface area contributed by atoms with E-state index in [-0.39, 0.29) is 18.8 Å². The number of epoxide rings is 1. The molecule has 2 rings (SSSR count). The topological polar surface area (TPSA) is 32.8 Å². The molecule has 2 nitrogen and oxygen atoms in total. The van der Waals surface area contributed by atoms with Crippen LogP contribution in [0, 0.1) is 0 Å². The third-order valence-corrected chi connectivity index (χ3v) is 2.15. The van der Waals surface area contributed by atoms with E-state index >= 15 is 0 Å². The largest absolute Gasteiger partial charge is 0.394 e. The van der Waals surface area contributed by atoms with Gasteiger partial charge in [0.2, 0.25) is 0 Å². The molecular formula is C10H12O2. The van der Waals surface area contributed by atoms with Crippen LogP contribution < -0.4 is 0 Å². The zero-order chi connectivity index (χ0) is 8.39. The second-order valence-corrected chi connectivity index (χ2v) is 3.09. The van der Waals surface area contributed by atoms with Crippen LogP contribution in [0.3, 0.4) is 0 Å². The number of rotatable bonds is 3. The maximum Gasteiger partial charge on any atom is 0.107 e. The highest BCUT2D eigenvalue weighted by molar-refractivity contribution is 5.17. The Hall–Kier alpha value is -0.860. The van der Waals surface area contributed by atoms with Crippen molar-refractivity contribution in [1.82, 2.24) is 0 Å². The van der Waals surface area contributed by atoms with Crippen LogP contribution in [0.25, 0.3) is 0 Å². The molecule has 1 heterocycles. The standard InChI is InChI=1S/C10H12O2/c11-7-10-9(12-10)6-8-4-2-1-3-5-8/h1-5,9-11H,6-7H2/t9-,10+/m1/s1. The number of benzene rings is 1. The van der Waals surface area contributed by atoms with Crippen molar-refractivity contribution in [3.63, 3.8) is 0 Å².